The molecule has 0 aliphatic heterocycles. The molecule has 0 fully saturated rings. The Morgan fingerprint density at radius 2 is 1.92 bits per heavy atom. The summed E-state index contributed by atoms with van der Waals surface area (Å²) in [5.74, 6) is -1.75. The molecule has 186 valence electrons. The maximum atomic E-state index is 13.4. The number of nitrogens with two attached hydrogens (primary N) is 1. The summed E-state index contributed by atoms with van der Waals surface area (Å²) in [6.45, 7) is 3.33. The van der Waals surface area contributed by atoms with Crippen LogP contribution in [0.3, 0.4) is 0 Å². The van der Waals surface area contributed by atoms with Gasteiger partial charge in [-0.1, -0.05) is 24.6 Å². The van der Waals surface area contributed by atoms with Crippen molar-refractivity contribution in [2.45, 2.75) is 25.3 Å². The van der Waals surface area contributed by atoms with Crippen LogP contribution >= 0.6 is 11.6 Å². The van der Waals surface area contributed by atoms with Gasteiger partial charge in [-0.05, 0) is 48.9 Å². The number of nitrogens with zero attached hydrogens (tertiary/aromatic N) is 3. The van der Waals surface area contributed by atoms with Gasteiger partial charge in [0.25, 0.3) is 15.6 Å². The Kier molecular flexibility index (Phi) is 6.79. The van der Waals surface area contributed by atoms with Gasteiger partial charge in [0.15, 0.2) is 0 Å². The maximum Gasteiger partial charge on any atom is 0.263 e. The predicted octanol–water partition coefficient (Wildman–Crippen LogP) is 3.48. The fourth-order valence-electron chi connectivity index (χ4n) is 3.54. The lowest BCUT2D eigenvalue weighted by Gasteiger charge is -2.13. The summed E-state index contributed by atoms with van der Waals surface area (Å²) in [4.78, 5) is 32.7. The van der Waals surface area contributed by atoms with Crippen LogP contribution in [0.1, 0.15) is 12.6 Å². The minimum absolute atomic E-state index is 0.0886. The highest BCUT2D eigenvalue weighted by Gasteiger charge is 2.20. The van der Waals surface area contributed by atoms with Crippen LogP contribution in [0, 0.1) is 18.7 Å². The van der Waals surface area contributed by atoms with Crippen molar-refractivity contribution < 1.29 is 17.6 Å². The maximum absolute atomic E-state index is 13.4. The third kappa shape index (κ3) is 5.07. The van der Waals surface area contributed by atoms with Gasteiger partial charge in [-0.2, -0.15) is 0 Å². The van der Waals surface area contributed by atoms with E-state index in [0.29, 0.717) is 27.7 Å². The Morgan fingerprint density at radius 3 is 2.61 bits per heavy atom. The van der Waals surface area contributed by atoms with E-state index in [1.165, 1.54) is 10.9 Å². The highest BCUT2D eigenvalue weighted by molar-refractivity contribution is 7.92. The fraction of sp³-hybridized carbons (Fsp3) is 0.167. The summed E-state index contributed by atoms with van der Waals surface area (Å²) in [5, 5.41) is 0.0562. The Bertz CT molecular complexity index is 1670. The van der Waals surface area contributed by atoms with E-state index >= 15 is 0 Å². The van der Waals surface area contributed by atoms with Crippen LogP contribution < -0.4 is 16.0 Å². The number of primary amides is 1. The van der Waals surface area contributed by atoms with Crippen LogP contribution in [0.2, 0.25) is 5.02 Å². The van der Waals surface area contributed by atoms with Crippen LogP contribution in [0.25, 0.3) is 22.0 Å². The smallest absolute Gasteiger partial charge is 0.263 e. The van der Waals surface area contributed by atoms with Gasteiger partial charge >= 0.3 is 0 Å². The van der Waals surface area contributed by atoms with E-state index in [9.17, 15) is 22.4 Å². The first-order valence-electron chi connectivity index (χ1n) is 10.7. The van der Waals surface area contributed by atoms with Gasteiger partial charge in [-0.3, -0.25) is 23.9 Å². The first-order chi connectivity index (χ1) is 17.0. The molecule has 4 rings (SSSR count). The minimum atomic E-state index is -4.14. The Labute approximate surface area is 210 Å². The van der Waals surface area contributed by atoms with Gasteiger partial charge in [0, 0.05) is 18.3 Å². The topological polar surface area (TPSA) is 137 Å². The summed E-state index contributed by atoms with van der Waals surface area (Å²) in [6, 6.07) is 9.58. The van der Waals surface area contributed by atoms with Gasteiger partial charge in [-0.15, -0.1) is 0 Å². The summed E-state index contributed by atoms with van der Waals surface area (Å²) in [5.41, 5.74) is 7.13. The monoisotopic (exact) mass is 529 g/mol. The van der Waals surface area contributed by atoms with Gasteiger partial charge < -0.3 is 5.73 Å². The standard InChI is InChI=1S/C24H21ClFN5O4S/c1-13(23(27)32)11-31-12-29-20-5-3-15(7-18(20)24(31)33)16-8-21(14(2)28-10-16)30-36(34,35)22-6-4-17(26)9-19(22)25/h3-10,12-13,30H,11H2,1-2H3,(H2,27,32). The number of rotatable bonds is 7. The van der Waals surface area contributed by atoms with Crippen molar-refractivity contribution in [3.8, 4) is 11.1 Å². The number of pyridine rings is 1. The number of aryl methyl sites for hydroxylation is 1. The number of hydrogen-bond acceptors (Lipinski definition) is 6. The molecule has 0 spiro atoms. The van der Waals surface area contributed by atoms with E-state index in [1.54, 1.807) is 44.3 Å². The molecule has 36 heavy (non-hydrogen) atoms. The fourth-order valence-corrected chi connectivity index (χ4v) is 5.18. The summed E-state index contributed by atoms with van der Waals surface area (Å²) < 4.78 is 42.9. The molecule has 2 aromatic heterocycles. The number of carbonyl (C=O) groups excluding carboxylic acids is 1. The van der Waals surface area contributed by atoms with Gasteiger partial charge in [0.2, 0.25) is 5.91 Å². The normalized spacial score (nSPS) is 12.4. The van der Waals surface area contributed by atoms with Crippen LogP contribution in [-0.2, 0) is 21.4 Å². The minimum Gasteiger partial charge on any atom is -0.369 e. The number of halogens is 2. The van der Waals surface area contributed by atoms with Crippen molar-refractivity contribution in [1.82, 2.24) is 14.5 Å². The number of fused-ring (bicyclic) bond motifs is 1. The average Bonchev–Trinajstić information content (AvgIpc) is 2.81. The van der Waals surface area contributed by atoms with Crippen molar-refractivity contribution >= 4 is 44.1 Å². The van der Waals surface area contributed by atoms with E-state index in [1.807, 2.05) is 0 Å². The third-order valence-corrected chi connectivity index (χ3v) is 7.48. The molecule has 0 saturated carbocycles. The van der Waals surface area contributed by atoms with Crippen LogP contribution in [0.4, 0.5) is 10.1 Å². The number of hydrogen-bond donors (Lipinski definition) is 2. The number of anilines is 1. The van der Waals surface area contributed by atoms with E-state index in [0.717, 1.165) is 18.2 Å². The lowest BCUT2D eigenvalue weighted by Crippen LogP contribution is -2.30. The second-order valence-electron chi connectivity index (χ2n) is 8.27. The number of sulfonamides is 1. The van der Waals surface area contributed by atoms with Crippen LogP contribution in [0.5, 0.6) is 0 Å². The third-order valence-electron chi connectivity index (χ3n) is 5.63. The molecule has 1 atom stereocenters. The molecule has 4 aromatic rings. The molecular formula is C24H21ClFN5O4S. The number of nitrogens with one attached hydrogen (secondary N) is 1. The average molecular weight is 530 g/mol. The Balaban J connectivity index is 1.72. The predicted molar refractivity (Wildman–Crippen MR) is 135 cm³/mol. The number of aromatic nitrogens is 3. The van der Waals surface area contributed by atoms with Crippen molar-refractivity contribution in [3.63, 3.8) is 0 Å². The molecule has 1 amide bonds. The molecule has 2 aromatic carbocycles. The molecular weight excluding hydrogens is 509 g/mol. The van der Waals surface area contributed by atoms with Gasteiger partial charge in [0.1, 0.15) is 10.7 Å². The number of benzene rings is 2. The summed E-state index contributed by atoms with van der Waals surface area (Å²) in [7, 11) is -4.14. The number of amides is 1. The van der Waals surface area contributed by atoms with E-state index in [4.69, 9.17) is 17.3 Å². The molecule has 0 aliphatic rings. The molecule has 0 aliphatic carbocycles. The number of carbonyl (C=O) groups is 1. The van der Waals surface area contributed by atoms with Crippen LogP contribution in [-0.4, -0.2) is 28.9 Å². The van der Waals surface area contributed by atoms with Gasteiger partial charge in [-0.25, -0.2) is 17.8 Å². The van der Waals surface area contributed by atoms with E-state index in [2.05, 4.69) is 14.7 Å². The quantitative estimate of drug-likeness (QED) is 0.376. The highest BCUT2D eigenvalue weighted by Crippen LogP contribution is 2.29. The second-order valence-corrected chi connectivity index (χ2v) is 10.3. The second kappa shape index (κ2) is 9.67. The zero-order valence-corrected chi connectivity index (χ0v) is 20.8. The van der Waals surface area contributed by atoms with Crippen molar-refractivity contribution in [3.05, 3.63) is 81.9 Å². The Hall–Kier alpha value is -3.83. The molecule has 0 radical (unpaired) electrons. The van der Waals surface area contributed by atoms with E-state index < -0.39 is 27.7 Å². The van der Waals surface area contributed by atoms with Crippen LogP contribution in [0.15, 0.2) is 64.7 Å². The summed E-state index contributed by atoms with van der Waals surface area (Å²) in [6.07, 6.45) is 2.91. The first-order valence-corrected chi connectivity index (χ1v) is 12.6. The molecule has 2 heterocycles. The molecule has 1 unspecified atom stereocenters. The lowest BCUT2D eigenvalue weighted by molar-refractivity contribution is -0.121. The Morgan fingerprint density at radius 1 is 1.17 bits per heavy atom. The van der Waals surface area contributed by atoms with Crippen molar-refractivity contribution in [1.29, 1.82) is 0 Å². The van der Waals surface area contributed by atoms with Crippen molar-refractivity contribution in [2.24, 2.45) is 11.7 Å². The van der Waals surface area contributed by atoms with Crippen molar-refractivity contribution in [2.75, 3.05) is 4.72 Å². The molecule has 0 saturated heterocycles. The molecule has 9 nitrogen and oxygen atoms in total. The first kappa shape index (κ1) is 25.3. The molecule has 12 heteroatoms. The summed E-state index contributed by atoms with van der Waals surface area (Å²) >= 11 is 5.94. The molecule has 3 N–H and O–H groups in total. The lowest BCUT2D eigenvalue weighted by atomic mass is 10.0. The van der Waals surface area contributed by atoms with Gasteiger partial charge in [0.05, 0.1) is 39.6 Å². The van der Waals surface area contributed by atoms with E-state index in [-0.39, 0.29) is 27.7 Å². The highest BCUT2D eigenvalue weighted by atomic mass is 35.5. The molecule has 0 bridgehead atoms. The zero-order valence-electron chi connectivity index (χ0n) is 19.2. The SMILES string of the molecule is Cc1ncc(-c2ccc3ncn(CC(C)C(N)=O)c(=O)c3c2)cc1NS(=O)(=O)c1ccc(F)cc1Cl. The zero-order chi connectivity index (χ0) is 26.2. The largest absolute Gasteiger partial charge is 0.369 e.